The molecule has 0 saturated heterocycles. The molecule has 0 aliphatic heterocycles. The number of rotatable bonds is 8. The highest BCUT2D eigenvalue weighted by molar-refractivity contribution is 5.53. The Balaban J connectivity index is 2.08. The van der Waals surface area contributed by atoms with Crippen molar-refractivity contribution in [2.24, 2.45) is 0 Å². The third-order valence-corrected chi connectivity index (χ3v) is 6.41. The molecule has 4 heteroatoms. The molecule has 1 saturated carbocycles. The molecule has 1 fully saturated rings. The Bertz CT molecular complexity index is 754. The molecule has 0 radical (unpaired) electrons. The molecule has 164 valence electrons. The number of aliphatic hydroxyl groups is 2. The lowest BCUT2D eigenvalue weighted by molar-refractivity contribution is 0.199. The van der Waals surface area contributed by atoms with Gasteiger partial charge in [0.2, 0.25) is 0 Å². The second kappa shape index (κ2) is 9.84. The second-order valence-electron chi connectivity index (χ2n) is 8.67. The topological polar surface area (TPSA) is 58.9 Å². The first-order valence-electron chi connectivity index (χ1n) is 11.1. The van der Waals surface area contributed by atoms with Gasteiger partial charge in [-0.3, -0.25) is 0 Å². The van der Waals surface area contributed by atoms with Crippen molar-refractivity contribution in [2.45, 2.75) is 65.2 Å². The van der Waals surface area contributed by atoms with E-state index in [4.69, 9.17) is 19.7 Å². The highest BCUT2D eigenvalue weighted by Gasteiger charge is 2.37. The van der Waals surface area contributed by atoms with E-state index in [0.29, 0.717) is 13.2 Å². The van der Waals surface area contributed by atoms with Gasteiger partial charge in [0.05, 0.1) is 13.2 Å². The normalized spacial score (nSPS) is 15.8. The first-order valence-corrected chi connectivity index (χ1v) is 11.1. The number of hydrogen-bond acceptors (Lipinski definition) is 4. The summed E-state index contributed by atoms with van der Waals surface area (Å²) in [4.78, 5) is 0. The van der Waals surface area contributed by atoms with Crippen molar-refractivity contribution >= 4 is 0 Å². The van der Waals surface area contributed by atoms with Crippen molar-refractivity contribution in [3.05, 3.63) is 57.6 Å². The first-order chi connectivity index (χ1) is 14.4. The summed E-state index contributed by atoms with van der Waals surface area (Å²) in [6.45, 7) is 9.08. The monoisotopic (exact) mass is 412 g/mol. The van der Waals surface area contributed by atoms with Gasteiger partial charge < -0.3 is 19.7 Å². The van der Waals surface area contributed by atoms with Crippen LogP contribution in [-0.2, 0) is 5.41 Å². The molecule has 2 aromatic carbocycles. The molecule has 0 amide bonds. The summed E-state index contributed by atoms with van der Waals surface area (Å²) in [6.07, 6.45) is 6.01. The molecule has 0 heterocycles. The van der Waals surface area contributed by atoms with E-state index in [0.717, 1.165) is 46.6 Å². The van der Waals surface area contributed by atoms with Crippen LogP contribution in [0.1, 0.15) is 65.5 Å². The molecule has 3 rings (SSSR count). The molecule has 2 aromatic rings. The highest BCUT2D eigenvalue weighted by Crippen LogP contribution is 2.47. The lowest BCUT2D eigenvalue weighted by Crippen LogP contribution is -2.31. The zero-order valence-electron chi connectivity index (χ0n) is 18.9. The molecule has 0 spiro atoms. The van der Waals surface area contributed by atoms with Gasteiger partial charge in [-0.2, -0.15) is 0 Å². The third-order valence-electron chi connectivity index (χ3n) is 6.41. The maximum absolute atomic E-state index is 9.14. The number of benzene rings is 2. The van der Waals surface area contributed by atoms with Crippen LogP contribution in [0.15, 0.2) is 24.3 Å². The Morgan fingerprint density at radius 1 is 0.667 bits per heavy atom. The number of aliphatic hydroxyl groups excluding tert-OH is 2. The number of aryl methyl sites for hydroxylation is 4. The molecule has 1 aliphatic carbocycles. The standard InChI is InChI=1S/C26H36O4/c1-18-14-22(15-19(2)24(18)29-12-10-27)26(8-6-5-7-9-26)23-16-20(3)25(21(4)17-23)30-13-11-28/h14-17,27-28H,5-13H2,1-4H3. The van der Waals surface area contributed by atoms with Crippen molar-refractivity contribution in [2.75, 3.05) is 26.4 Å². The van der Waals surface area contributed by atoms with E-state index >= 15 is 0 Å². The summed E-state index contributed by atoms with van der Waals surface area (Å²) in [7, 11) is 0. The van der Waals surface area contributed by atoms with Crippen LogP contribution >= 0.6 is 0 Å². The summed E-state index contributed by atoms with van der Waals surface area (Å²) >= 11 is 0. The summed E-state index contributed by atoms with van der Waals surface area (Å²) < 4.78 is 11.6. The Hall–Kier alpha value is -2.04. The molecule has 2 N–H and O–H groups in total. The van der Waals surface area contributed by atoms with E-state index in [1.807, 2.05) is 0 Å². The first kappa shape index (κ1) is 22.6. The average Bonchev–Trinajstić information content (AvgIpc) is 2.73. The van der Waals surface area contributed by atoms with Gasteiger partial charge in [-0.15, -0.1) is 0 Å². The van der Waals surface area contributed by atoms with E-state index in [9.17, 15) is 0 Å². The van der Waals surface area contributed by atoms with Gasteiger partial charge in [0.1, 0.15) is 24.7 Å². The number of ether oxygens (including phenoxy) is 2. The fourth-order valence-corrected chi connectivity index (χ4v) is 5.10. The van der Waals surface area contributed by atoms with Crippen LogP contribution in [0.4, 0.5) is 0 Å². The molecule has 0 unspecified atom stereocenters. The fraction of sp³-hybridized carbons (Fsp3) is 0.538. The molecule has 0 bridgehead atoms. The van der Waals surface area contributed by atoms with Crippen LogP contribution < -0.4 is 9.47 Å². The fourth-order valence-electron chi connectivity index (χ4n) is 5.10. The molecular weight excluding hydrogens is 376 g/mol. The van der Waals surface area contributed by atoms with E-state index in [2.05, 4.69) is 52.0 Å². The van der Waals surface area contributed by atoms with Crippen molar-refractivity contribution in [3.8, 4) is 11.5 Å². The maximum atomic E-state index is 9.14. The van der Waals surface area contributed by atoms with Gasteiger partial charge in [0.25, 0.3) is 0 Å². The van der Waals surface area contributed by atoms with E-state index in [1.54, 1.807) is 0 Å². The van der Waals surface area contributed by atoms with E-state index in [1.165, 1.54) is 30.4 Å². The lowest BCUT2D eigenvalue weighted by atomic mass is 9.64. The van der Waals surface area contributed by atoms with Crippen LogP contribution in [-0.4, -0.2) is 36.6 Å². The Morgan fingerprint density at radius 2 is 1.03 bits per heavy atom. The molecule has 0 atom stereocenters. The van der Waals surface area contributed by atoms with Gasteiger partial charge in [0, 0.05) is 5.41 Å². The Labute approximate surface area is 180 Å². The Kier molecular flexibility index (Phi) is 7.43. The number of hydrogen-bond donors (Lipinski definition) is 2. The quantitative estimate of drug-likeness (QED) is 0.647. The van der Waals surface area contributed by atoms with Crippen molar-refractivity contribution in [3.63, 3.8) is 0 Å². The SMILES string of the molecule is Cc1cc(C2(c3cc(C)c(OCCO)c(C)c3)CCCCC2)cc(C)c1OCCO. The largest absolute Gasteiger partial charge is 0.491 e. The van der Waals surface area contributed by atoms with Crippen LogP contribution in [0, 0.1) is 27.7 Å². The van der Waals surface area contributed by atoms with E-state index < -0.39 is 0 Å². The second-order valence-corrected chi connectivity index (χ2v) is 8.67. The van der Waals surface area contributed by atoms with Crippen LogP contribution in [0.5, 0.6) is 11.5 Å². The van der Waals surface area contributed by atoms with Gasteiger partial charge in [-0.25, -0.2) is 0 Å². The summed E-state index contributed by atoms with van der Waals surface area (Å²) in [5, 5.41) is 18.3. The zero-order chi connectivity index (χ0) is 21.7. The smallest absolute Gasteiger partial charge is 0.125 e. The lowest BCUT2D eigenvalue weighted by Gasteiger charge is -2.40. The van der Waals surface area contributed by atoms with Crippen LogP contribution in [0.3, 0.4) is 0 Å². The molecule has 0 aromatic heterocycles. The third kappa shape index (κ3) is 4.50. The van der Waals surface area contributed by atoms with E-state index in [-0.39, 0.29) is 18.6 Å². The van der Waals surface area contributed by atoms with Gasteiger partial charge >= 0.3 is 0 Å². The molecule has 4 nitrogen and oxygen atoms in total. The zero-order valence-corrected chi connectivity index (χ0v) is 18.9. The minimum absolute atomic E-state index is 0.00565. The Morgan fingerprint density at radius 3 is 1.37 bits per heavy atom. The molecular formula is C26H36O4. The van der Waals surface area contributed by atoms with Gasteiger partial charge in [-0.1, -0.05) is 43.5 Å². The summed E-state index contributed by atoms with van der Waals surface area (Å²) in [5.41, 5.74) is 7.21. The van der Waals surface area contributed by atoms with Crippen molar-refractivity contribution in [1.82, 2.24) is 0 Å². The summed E-state index contributed by atoms with van der Waals surface area (Å²) in [6, 6.07) is 9.13. The molecule has 30 heavy (non-hydrogen) atoms. The summed E-state index contributed by atoms with van der Waals surface area (Å²) in [5.74, 6) is 1.78. The van der Waals surface area contributed by atoms with Crippen LogP contribution in [0.25, 0.3) is 0 Å². The highest BCUT2D eigenvalue weighted by atomic mass is 16.5. The minimum atomic E-state index is -0.00565. The predicted octanol–water partition coefficient (Wildman–Crippen LogP) is 4.91. The minimum Gasteiger partial charge on any atom is -0.491 e. The average molecular weight is 413 g/mol. The molecule has 1 aliphatic rings. The van der Waals surface area contributed by atoms with Gasteiger partial charge in [-0.05, 0) is 73.9 Å². The maximum Gasteiger partial charge on any atom is 0.125 e. The van der Waals surface area contributed by atoms with Gasteiger partial charge in [0.15, 0.2) is 0 Å². The van der Waals surface area contributed by atoms with Crippen molar-refractivity contribution in [1.29, 1.82) is 0 Å². The predicted molar refractivity (Wildman–Crippen MR) is 121 cm³/mol. The van der Waals surface area contributed by atoms with Crippen molar-refractivity contribution < 1.29 is 19.7 Å². The van der Waals surface area contributed by atoms with Crippen LogP contribution in [0.2, 0.25) is 0 Å².